The van der Waals surface area contributed by atoms with Gasteiger partial charge >= 0.3 is 12.2 Å². The Kier molecular flexibility index (Phi) is 6.37. The lowest BCUT2D eigenvalue weighted by Crippen LogP contribution is -2.43. The Labute approximate surface area is 118 Å². The fourth-order valence-electron chi connectivity index (χ4n) is 1.22. The number of nitrogens with one attached hydrogen (secondary N) is 2. The van der Waals surface area contributed by atoms with E-state index in [0.717, 1.165) is 5.56 Å². The van der Waals surface area contributed by atoms with Gasteiger partial charge in [-0.25, -0.2) is 4.79 Å². The summed E-state index contributed by atoms with van der Waals surface area (Å²) in [5, 5.41) is 3.39. The first-order chi connectivity index (χ1) is 9.37. The van der Waals surface area contributed by atoms with Crippen molar-refractivity contribution in [2.45, 2.75) is 11.9 Å². The van der Waals surface area contributed by atoms with E-state index in [-0.39, 0.29) is 5.75 Å². The van der Waals surface area contributed by atoms with E-state index in [4.69, 9.17) is 0 Å². The minimum atomic E-state index is -4.50. The van der Waals surface area contributed by atoms with Crippen molar-refractivity contribution in [3.05, 3.63) is 35.9 Å². The molecule has 0 heterocycles. The summed E-state index contributed by atoms with van der Waals surface area (Å²) in [6.07, 6.45) is -4.50. The Bertz CT molecular complexity index is 452. The average molecular weight is 306 g/mol. The minimum Gasteiger partial charge on any atom is -0.329 e. The van der Waals surface area contributed by atoms with Crippen molar-refractivity contribution < 1.29 is 22.8 Å². The Morgan fingerprint density at radius 3 is 2.40 bits per heavy atom. The molecule has 1 aromatic rings. The molecule has 1 aromatic carbocycles. The zero-order valence-electron chi connectivity index (χ0n) is 10.4. The molecular formula is C12H13F3N2O2S. The lowest BCUT2D eigenvalue weighted by Gasteiger charge is -2.08. The number of amides is 3. The summed E-state index contributed by atoms with van der Waals surface area (Å²) >= 11 is 1.27. The van der Waals surface area contributed by atoms with Crippen LogP contribution in [0.1, 0.15) is 5.56 Å². The maximum atomic E-state index is 11.8. The predicted octanol–water partition coefficient (Wildman–Crippen LogP) is 2.31. The molecule has 0 aliphatic carbocycles. The van der Waals surface area contributed by atoms with Crippen LogP contribution in [-0.4, -0.2) is 30.4 Å². The lowest BCUT2D eigenvalue weighted by molar-refractivity contribution is -0.124. The highest BCUT2D eigenvalue weighted by Gasteiger charge is 2.27. The fourth-order valence-corrected chi connectivity index (χ4v) is 2.01. The van der Waals surface area contributed by atoms with Crippen molar-refractivity contribution in [3.63, 3.8) is 0 Å². The molecule has 0 atom stereocenters. The van der Waals surface area contributed by atoms with E-state index in [2.05, 4.69) is 0 Å². The third kappa shape index (κ3) is 7.67. The van der Waals surface area contributed by atoms with E-state index in [1.165, 1.54) is 11.8 Å². The van der Waals surface area contributed by atoms with Crippen LogP contribution in [0.3, 0.4) is 0 Å². The third-order valence-electron chi connectivity index (χ3n) is 2.05. The van der Waals surface area contributed by atoms with Gasteiger partial charge in [-0.3, -0.25) is 10.1 Å². The first-order valence-corrected chi connectivity index (χ1v) is 6.78. The van der Waals surface area contributed by atoms with Crippen LogP contribution in [-0.2, 0) is 10.5 Å². The molecule has 0 fully saturated rings. The van der Waals surface area contributed by atoms with Crippen molar-refractivity contribution in [2.75, 3.05) is 12.3 Å². The molecule has 8 heteroatoms. The molecule has 2 N–H and O–H groups in total. The smallest absolute Gasteiger partial charge is 0.329 e. The van der Waals surface area contributed by atoms with Crippen LogP contribution in [0.2, 0.25) is 0 Å². The summed E-state index contributed by atoms with van der Waals surface area (Å²) in [5.41, 5.74) is 1.02. The summed E-state index contributed by atoms with van der Waals surface area (Å²) < 4.78 is 35.4. The van der Waals surface area contributed by atoms with Crippen LogP contribution in [0.5, 0.6) is 0 Å². The van der Waals surface area contributed by atoms with Gasteiger partial charge < -0.3 is 5.32 Å². The highest BCUT2D eigenvalue weighted by molar-refractivity contribution is 7.99. The van der Waals surface area contributed by atoms with Gasteiger partial charge in [0.1, 0.15) is 6.54 Å². The van der Waals surface area contributed by atoms with E-state index >= 15 is 0 Å². The van der Waals surface area contributed by atoms with Crippen LogP contribution in [0.25, 0.3) is 0 Å². The van der Waals surface area contributed by atoms with Crippen molar-refractivity contribution in [3.8, 4) is 0 Å². The number of hydrogen-bond donors (Lipinski definition) is 2. The van der Waals surface area contributed by atoms with E-state index in [1.807, 2.05) is 35.6 Å². The highest BCUT2D eigenvalue weighted by atomic mass is 32.2. The van der Waals surface area contributed by atoms with Crippen molar-refractivity contribution in [2.24, 2.45) is 0 Å². The van der Waals surface area contributed by atoms with Crippen molar-refractivity contribution >= 4 is 23.7 Å². The van der Waals surface area contributed by atoms with Gasteiger partial charge in [0.15, 0.2) is 0 Å². The molecule has 0 aliphatic rings. The summed E-state index contributed by atoms with van der Waals surface area (Å²) in [4.78, 5) is 22.3. The highest BCUT2D eigenvalue weighted by Crippen LogP contribution is 2.12. The van der Waals surface area contributed by atoms with E-state index in [1.54, 1.807) is 5.32 Å². The van der Waals surface area contributed by atoms with Crippen LogP contribution in [0.15, 0.2) is 30.3 Å². The number of carbonyl (C=O) groups excluding carboxylic acids is 2. The van der Waals surface area contributed by atoms with E-state index in [0.29, 0.717) is 5.75 Å². The zero-order chi connectivity index (χ0) is 15.0. The normalized spacial score (nSPS) is 10.9. The number of urea groups is 1. The number of halogens is 3. The maximum absolute atomic E-state index is 11.8. The third-order valence-corrected chi connectivity index (χ3v) is 3.05. The summed E-state index contributed by atoms with van der Waals surface area (Å²) in [5.74, 6) is -0.0575. The number of imide groups is 1. The van der Waals surface area contributed by atoms with Gasteiger partial charge in [-0.2, -0.15) is 13.2 Å². The number of hydrogen-bond acceptors (Lipinski definition) is 3. The zero-order valence-corrected chi connectivity index (χ0v) is 11.2. The largest absolute Gasteiger partial charge is 0.405 e. The second-order valence-electron chi connectivity index (χ2n) is 3.82. The molecule has 0 radical (unpaired) electrons. The van der Waals surface area contributed by atoms with Crippen LogP contribution in [0.4, 0.5) is 18.0 Å². The molecule has 0 saturated heterocycles. The monoisotopic (exact) mass is 306 g/mol. The van der Waals surface area contributed by atoms with Gasteiger partial charge in [-0.05, 0) is 5.56 Å². The molecule has 3 amide bonds. The van der Waals surface area contributed by atoms with E-state index < -0.39 is 24.7 Å². The Morgan fingerprint density at radius 2 is 1.80 bits per heavy atom. The standard InChI is InChI=1S/C12H13F3N2O2S/c13-12(14,15)8-16-11(19)17-10(18)7-20-6-9-4-2-1-3-5-9/h1-5H,6-8H2,(H2,16,17,18,19). The molecule has 20 heavy (non-hydrogen) atoms. The summed E-state index contributed by atoms with van der Waals surface area (Å²) in [7, 11) is 0. The van der Waals surface area contributed by atoms with Gasteiger partial charge in [-0.15, -0.1) is 11.8 Å². The number of thioether (sulfide) groups is 1. The molecule has 110 valence electrons. The molecular weight excluding hydrogens is 293 g/mol. The Hall–Kier alpha value is -1.70. The van der Waals surface area contributed by atoms with Gasteiger partial charge in [0, 0.05) is 5.75 Å². The molecule has 0 unspecified atom stereocenters. The number of alkyl halides is 3. The molecule has 0 spiro atoms. The van der Waals surface area contributed by atoms with Crippen LogP contribution in [0, 0.1) is 0 Å². The SMILES string of the molecule is O=C(CSCc1ccccc1)NC(=O)NCC(F)(F)F. The average Bonchev–Trinajstić information content (AvgIpc) is 2.37. The first-order valence-electron chi connectivity index (χ1n) is 5.63. The number of rotatable bonds is 5. The van der Waals surface area contributed by atoms with Crippen LogP contribution >= 0.6 is 11.8 Å². The van der Waals surface area contributed by atoms with Gasteiger partial charge in [0.2, 0.25) is 5.91 Å². The fraction of sp³-hybridized carbons (Fsp3) is 0.333. The van der Waals surface area contributed by atoms with Gasteiger partial charge in [0.25, 0.3) is 0 Å². The van der Waals surface area contributed by atoms with Crippen LogP contribution < -0.4 is 10.6 Å². The minimum absolute atomic E-state index is 0.00562. The molecule has 0 bridgehead atoms. The summed E-state index contributed by atoms with van der Waals surface area (Å²) in [6, 6.07) is 8.22. The topological polar surface area (TPSA) is 58.2 Å². The lowest BCUT2D eigenvalue weighted by atomic mass is 10.2. The first kappa shape index (κ1) is 16.4. The van der Waals surface area contributed by atoms with Gasteiger partial charge in [0.05, 0.1) is 5.75 Å². The maximum Gasteiger partial charge on any atom is 0.405 e. The second kappa shape index (κ2) is 7.78. The second-order valence-corrected chi connectivity index (χ2v) is 4.81. The Balaban J connectivity index is 2.18. The molecule has 0 aromatic heterocycles. The molecule has 4 nitrogen and oxygen atoms in total. The predicted molar refractivity (Wildman–Crippen MR) is 70.2 cm³/mol. The summed E-state index contributed by atoms with van der Waals surface area (Å²) in [6.45, 7) is -1.47. The number of carbonyl (C=O) groups is 2. The van der Waals surface area contributed by atoms with Gasteiger partial charge in [-0.1, -0.05) is 30.3 Å². The van der Waals surface area contributed by atoms with Crippen molar-refractivity contribution in [1.82, 2.24) is 10.6 Å². The quantitative estimate of drug-likeness (QED) is 0.877. The number of benzene rings is 1. The van der Waals surface area contributed by atoms with E-state index in [9.17, 15) is 22.8 Å². The molecule has 0 saturated carbocycles. The Morgan fingerprint density at radius 1 is 1.15 bits per heavy atom. The molecule has 1 rings (SSSR count). The van der Waals surface area contributed by atoms with Crippen molar-refractivity contribution in [1.29, 1.82) is 0 Å². The molecule has 0 aliphatic heterocycles.